The molecule has 0 aliphatic rings. The van der Waals surface area contributed by atoms with E-state index < -0.39 is 0 Å². The van der Waals surface area contributed by atoms with Crippen molar-refractivity contribution in [3.05, 3.63) is 35.9 Å². The second-order valence-corrected chi connectivity index (χ2v) is 4.18. The summed E-state index contributed by atoms with van der Waals surface area (Å²) in [6.45, 7) is 3.83. The Kier molecular flexibility index (Phi) is 3.32. The summed E-state index contributed by atoms with van der Waals surface area (Å²) >= 11 is 0. The molecule has 0 aliphatic carbocycles. The lowest BCUT2D eigenvalue weighted by molar-refractivity contribution is 0.233. The van der Waals surface area contributed by atoms with Crippen LogP contribution < -0.4 is 10.5 Å². The van der Waals surface area contributed by atoms with Crippen LogP contribution in [-0.2, 0) is 0 Å². The molecule has 0 atom stereocenters. The number of oxime groups is 1. The molecular formula is C13H15N3O2. The summed E-state index contributed by atoms with van der Waals surface area (Å²) in [6.07, 6.45) is 0.0128. The van der Waals surface area contributed by atoms with Crippen LogP contribution in [0.3, 0.4) is 0 Å². The molecular weight excluding hydrogens is 230 g/mol. The lowest BCUT2D eigenvalue weighted by Gasteiger charge is -2.11. The molecule has 18 heavy (non-hydrogen) atoms. The quantitative estimate of drug-likeness (QED) is 0.375. The third-order valence-electron chi connectivity index (χ3n) is 2.43. The summed E-state index contributed by atoms with van der Waals surface area (Å²) in [7, 11) is 0. The van der Waals surface area contributed by atoms with E-state index in [0.29, 0.717) is 11.4 Å². The number of para-hydroxylation sites is 1. The predicted molar refractivity (Wildman–Crippen MR) is 70.0 cm³/mol. The molecule has 0 unspecified atom stereocenters. The van der Waals surface area contributed by atoms with Gasteiger partial charge in [0, 0.05) is 17.0 Å². The number of hydrogen-bond donors (Lipinski definition) is 2. The van der Waals surface area contributed by atoms with Crippen molar-refractivity contribution in [2.75, 3.05) is 0 Å². The van der Waals surface area contributed by atoms with Crippen LogP contribution in [0.15, 0.2) is 35.5 Å². The number of benzene rings is 1. The molecule has 0 aliphatic heterocycles. The number of rotatable bonds is 3. The zero-order chi connectivity index (χ0) is 13.1. The van der Waals surface area contributed by atoms with Crippen molar-refractivity contribution in [3.63, 3.8) is 0 Å². The fourth-order valence-corrected chi connectivity index (χ4v) is 1.72. The molecule has 2 rings (SSSR count). The minimum absolute atomic E-state index is 0.0128. The van der Waals surface area contributed by atoms with Crippen LogP contribution in [-0.4, -0.2) is 22.1 Å². The number of amidine groups is 1. The molecule has 1 heterocycles. The van der Waals surface area contributed by atoms with Gasteiger partial charge in [0.15, 0.2) is 5.84 Å². The molecule has 3 N–H and O–H groups in total. The van der Waals surface area contributed by atoms with E-state index in [1.54, 1.807) is 6.07 Å². The molecule has 0 spiro atoms. The van der Waals surface area contributed by atoms with Gasteiger partial charge in [-0.2, -0.15) is 0 Å². The Bertz CT molecular complexity index is 594. The highest BCUT2D eigenvalue weighted by Crippen LogP contribution is 2.22. The summed E-state index contributed by atoms with van der Waals surface area (Å²) < 4.78 is 5.55. The summed E-state index contributed by atoms with van der Waals surface area (Å²) in [5, 5.41) is 12.7. The predicted octanol–water partition coefficient (Wildman–Crippen LogP) is 2.12. The van der Waals surface area contributed by atoms with Crippen LogP contribution in [0.2, 0.25) is 0 Å². The van der Waals surface area contributed by atoms with E-state index in [-0.39, 0.29) is 11.9 Å². The molecule has 1 aromatic carbocycles. The van der Waals surface area contributed by atoms with E-state index in [2.05, 4.69) is 10.1 Å². The first-order valence-corrected chi connectivity index (χ1v) is 5.66. The zero-order valence-corrected chi connectivity index (χ0v) is 10.3. The summed E-state index contributed by atoms with van der Waals surface area (Å²) in [5.41, 5.74) is 7.03. The maximum Gasteiger partial charge on any atom is 0.214 e. The van der Waals surface area contributed by atoms with Crippen molar-refractivity contribution in [1.29, 1.82) is 0 Å². The first-order valence-electron chi connectivity index (χ1n) is 5.66. The number of pyridine rings is 1. The van der Waals surface area contributed by atoms with E-state index in [0.717, 1.165) is 10.9 Å². The van der Waals surface area contributed by atoms with Crippen LogP contribution in [0.1, 0.15) is 19.4 Å². The second-order valence-electron chi connectivity index (χ2n) is 4.18. The summed E-state index contributed by atoms with van der Waals surface area (Å²) in [5.74, 6) is 0.507. The van der Waals surface area contributed by atoms with Gasteiger partial charge in [0.25, 0.3) is 0 Å². The Labute approximate surface area is 105 Å². The molecule has 1 aromatic heterocycles. The zero-order valence-electron chi connectivity index (χ0n) is 10.3. The first kappa shape index (κ1) is 12.2. The Balaban J connectivity index is 2.64. The molecule has 0 bridgehead atoms. The molecule has 0 amide bonds. The molecule has 0 saturated carbocycles. The van der Waals surface area contributed by atoms with E-state index in [1.165, 1.54) is 0 Å². The van der Waals surface area contributed by atoms with E-state index in [9.17, 15) is 0 Å². The van der Waals surface area contributed by atoms with Crippen molar-refractivity contribution >= 4 is 16.7 Å². The van der Waals surface area contributed by atoms with Crippen LogP contribution in [0.4, 0.5) is 0 Å². The maximum absolute atomic E-state index is 8.82. The highest BCUT2D eigenvalue weighted by Gasteiger charge is 2.10. The number of nitrogens with zero attached hydrogens (tertiary/aromatic N) is 2. The molecule has 0 fully saturated rings. The van der Waals surface area contributed by atoms with Crippen LogP contribution in [0, 0.1) is 0 Å². The van der Waals surface area contributed by atoms with Crippen LogP contribution in [0.5, 0.6) is 5.88 Å². The van der Waals surface area contributed by atoms with Crippen molar-refractivity contribution in [2.45, 2.75) is 20.0 Å². The smallest absolute Gasteiger partial charge is 0.214 e. The normalized spacial score (nSPS) is 12.1. The van der Waals surface area contributed by atoms with Gasteiger partial charge in [-0.1, -0.05) is 23.4 Å². The highest BCUT2D eigenvalue weighted by molar-refractivity contribution is 6.08. The van der Waals surface area contributed by atoms with Crippen molar-refractivity contribution in [3.8, 4) is 5.88 Å². The first-order chi connectivity index (χ1) is 8.61. The van der Waals surface area contributed by atoms with Gasteiger partial charge in [0.1, 0.15) is 0 Å². The number of nitrogens with two attached hydrogens (primary N) is 1. The second kappa shape index (κ2) is 4.91. The largest absolute Gasteiger partial charge is 0.475 e. The third kappa shape index (κ3) is 2.34. The Morgan fingerprint density at radius 3 is 2.78 bits per heavy atom. The molecule has 0 saturated heterocycles. The van der Waals surface area contributed by atoms with Gasteiger partial charge in [-0.05, 0) is 19.9 Å². The number of fused-ring (bicyclic) bond motifs is 1. The van der Waals surface area contributed by atoms with Crippen LogP contribution in [0.25, 0.3) is 10.9 Å². The molecule has 5 heteroatoms. The molecule has 5 nitrogen and oxygen atoms in total. The minimum atomic E-state index is 0.0128. The average molecular weight is 245 g/mol. The monoisotopic (exact) mass is 245 g/mol. The van der Waals surface area contributed by atoms with Gasteiger partial charge in [-0.3, -0.25) is 0 Å². The number of aromatic nitrogens is 1. The van der Waals surface area contributed by atoms with Crippen LogP contribution >= 0.6 is 0 Å². The SMILES string of the molecule is CC(C)Oc1cc(C(N)=NO)c2ccccc2n1. The van der Waals surface area contributed by atoms with Gasteiger partial charge >= 0.3 is 0 Å². The lowest BCUT2D eigenvalue weighted by atomic mass is 10.1. The Hall–Kier alpha value is -2.30. The Morgan fingerprint density at radius 2 is 2.11 bits per heavy atom. The average Bonchev–Trinajstić information content (AvgIpc) is 2.36. The summed E-state index contributed by atoms with van der Waals surface area (Å²) in [4.78, 5) is 4.38. The topological polar surface area (TPSA) is 80.7 Å². The van der Waals surface area contributed by atoms with Crippen molar-refractivity contribution < 1.29 is 9.94 Å². The molecule has 94 valence electrons. The van der Waals surface area contributed by atoms with Crippen molar-refractivity contribution in [1.82, 2.24) is 4.98 Å². The molecule has 0 radical (unpaired) electrons. The highest BCUT2D eigenvalue weighted by atomic mass is 16.5. The van der Waals surface area contributed by atoms with E-state index in [1.807, 2.05) is 38.1 Å². The van der Waals surface area contributed by atoms with Crippen molar-refractivity contribution in [2.24, 2.45) is 10.9 Å². The van der Waals surface area contributed by atoms with Gasteiger partial charge in [-0.15, -0.1) is 0 Å². The lowest BCUT2D eigenvalue weighted by Crippen LogP contribution is -2.15. The van der Waals surface area contributed by atoms with Gasteiger partial charge in [0.05, 0.1) is 11.6 Å². The van der Waals surface area contributed by atoms with Gasteiger partial charge < -0.3 is 15.7 Å². The number of ether oxygens (including phenoxy) is 1. The fourth-order valence-electron chi connectivity index (χ4n) is 1.72. The third-order valence-corrected chi connectivity index (χ3v) is 2.43. The maximum atomic E-state index is 8.82. The molecule has 2 aromatic rings. The fraction of sp³-hybridized carbons (Fsp3) is 0.231. The van der Waals surface area contributed by atoms with Gasteiger partial charge in [-0.25, -0.2) is 4.98 Å². The standard InChI is InChI=1S/C13H15N3O2/c1-8(2)18-12-7-10(13(14)16-17)9-5-3-4-6-11(9)15-12/h3-8,17H,1-2H3,(H2,14,16). The van der Waals surface area contributed by atoms with E-state index in [4.69, 9.17) is 15.7 Å². The Morgan fingerprint density at radius 1 is 1.39 bits per heavy atom. The number of hydrogen-bond acceptors (Lipinski definition) is 4. The van der Waals surface area contributed by atoms with Gasteiger partial charge in [0.2, 0.25) is 5.88 Å². The van der Waals surface area contributed by atoms with E-state index >= 15 is 0 Å². The minimum Gasteiger partial charge on any atom is -0.475 e. The summed E-state index contributed by atoms with van der Waals surface area (Å²) in [6, 6.07) is 9.16.